The summed E-state index contributed by atoms with van der Waals surface area (Å²) in [5.41, 5.74) is 9.25. The molecule has 0 aliphatic carbocycles. The van der Waals surface area contributed by atoms with E-state index in [1.807, 2.05) is 24.4 Å². The van der Waals surface area contributed by atoms with Crippen LogP contribution in [0.3, 0.4) is 0 Å². The van der Waals surface area contributed by atoms with Gasteiger partial charge in [-0.15, -0.1) is 0 Å². The van der Waals surface area contributed by atoms with E-state index in [1.54, 1.807) is 6.07 Å². The summed E-state index contributed by atoms with van der Waals surface area (Å²) in [6, 6.07) is 15.8. The van der Waals surface area contributed by atoms with E-state index in [9.17, 15) is 4.79 Å². The second-order valence-corrected chi connectivity index (χ2v) is 5.07. The van der Waals surface area contributed by atoms with Gasteiger partial charge in [0.15, 0.2) is 0 Å². The Hall–Kier alpha value is -2.59. The predicted octanol–water partition coefficient (Wildman–Crippen LogP) is 2.56. The zero-order valence-electron chi connectivity index (χ0n) is 11.6. The minimum atomic E-state index is -0.394. The Balaban J connectivity index is 1.62. The Kier molecular flexibility index (Phi) is 3.71. The monoisotopic (exact) mass is 279 g/mol. The number of fused-ring (bicyclic) bond motifs is 1. The van der Waals surface area contributed by atoms with E-state index >= 15 is 0 Å². The van der Waals surface area contributed by atoms with E-state index < -0.39 is 5.91 Å². The molecule has 0 spiro atoms. The van der Waals surface area contributed by atoms with Crippen molar-refractivity contribution in [1.82, 2.24) is 10.3 Å². The van der Waals surface area contributed by atoms with E-state index in [-0.39, 0.29) is 0 Å². The molecule has 0 fully saturated rings. The van der Waals surface area contributed by atoms with Crippen LogP contribution in [0.1, 0.15) is 21.5 Å². The summed E-state index contributed by atoms with van der Waals surface area (Å²) in [6.07, 6.45) is 1.94. The zero-order chi connectivity index (χ0) is 14.7. The van der Waals surface area contributed by atoms with E-state index in [0.717, 1.165) is 17.6 Å². The molecule has 2 aromatic carbocycles. The molecule has 0 bridgehead atoms. The molecule has 21 heavy (non-hydrogen) atoms. The second kappa shape index (κ2) is 5.81. The number of H-pyrrole nitrogens is 1. The van der Waals surface area contributed by atoms with Crippen molar-refractivity contribution in [3.8, 4) is 0 Å². The van der Waals surface area contributed by atoms with Crippen LogP contribution in [-0.4, -0.2) is 10.9 Å². The minimum Gasteiger partial charge on any atom is -0.366 e. The Morgan fingerprint density at radius 1 is 1.05 bits per heavy atom. The van der Waals surface area contributed by atoms with Gasteiger partial charge in [0, 0.05) is 30.4 Å². The molecule has 3 rings (SSSR count). The van der Waals surface area contributed by atoms with Crippen LogP contribution >= 0.6 is 0 Å². The lowest BCUT2D eigenvalue weighted by atomic mass is 10.1. The molecule has 3 aromatic rings. The fourth-order valence-corrected chi connectivity index (χ4v) is 2.40. The second-order valence-electron chi connectivity index (χ2n) is 5.07. The topological polar surface area (TPSA) is 70.9 Å². The molecule has 0 radical (unpaired) electrons. The van der Waals surface area contributed by atoms with Gasteiger partial charge in [0.1, 0.15) is 0 Å². The highest BCUT2D eigenvalue weighted by molar-refractivity contribution is 5.92. The maximum Gasteiger partial charge on any atom is 0.248 e. The Bertz CT molecular complexity index is 776. The van der Waals surface area contributed by atoms with Crippen LogP contribution in [-0.2, 0) is 13.1 Å². The van der Waals surface area contributed by atoms with E-state index in [1.165, 1.54) is 10.9 Å². The maximum atomic E-state index is 11.1. The van der Waals surface area contributed by atoms with Gasteiger partial charge in [-0.2, -0.15) is 0 Å². The van der Waals surface area contributed by atoms with Crippen LogP contribution in [0.5, 0.6) is 0 Å². The molecule has 0 saturated carbocycles. The third-order valence-corrected chi connectivity index (χ3v) is 3.49. The van der Waals surface area contributed by atoms with E-state index in [4.69, 9.17) is 5.73 Å². The average molecular weight is 279 g/mol. The SMILES string of the molecule is NC(=O)c1cccc(CNCc2ccc3[nH]ccc3c2)c1. The summed E-state index contributed by atoms with van der Waals surface area (Å²) in [4.78, 5) is 14.3. The number of nitrogens with one attached hydrogen (secondary N) is 2. The number of carbonyl (C=O) groups excluding carboxylic acids is 1. The summed E-state index contributed by atoms with van der Waals surface area (Å²) >= 11 is 0. The van der Waals surface area contributed by atoms with Crippen LogP contribution < -0.4 is 11.1 Å². The minimum absolute atomic E-state index is 0.394. The van der Waals surface area contributed by atoms with Gasteiger partial charge in [0.05, 0.1) is 0 Å². The van der Waals surface area contributed by atoms with Crippen LogP contribution in [0.4, 0.5) is 0 Å². The standard InChI is InChI=1S/C17H17N3O/c18-17(21)15-3-1-2-12(9-15)10-19-11-13-4-5-16-14(8-13)6-7-20-16/h1-9,19-20H,10-11H2,(H2,18,21). The highest BCUT2D eigenvalue weighted by atomic mass is 16.1. The lowest BCUT2D eigenvalue weighted by molar-refractivity contribution is 0.1000. The number of rotatable bonds is 5. The van der Waals surface area contributed by atoms with Crippen molar-refractivity contribution < 1.29 is 4.79 Å². The Labute approximate surface area is 123 Å². The maximum absolute atomic E-state index is 11.1. The van der Waals surface area contributed by atoms with Gasteiger partial charge in [-0.1, -0.05) is 18.2 Å². The van der Waals surface area contributed by atoms with Crippen LogP contribution in [0, 0.1) is 0 Å². The Morgan fingerprint density at radius 3 is 2.67 bits per heavy atom. The van der Waals surface area contributed by atoms with Crippen molar-refractivity contribution in [2.75, 3.05) is 0 Å². The number of benzene rings is 2. The van der Waals surface area contributed by atoms with Crippen molar-refractivity contribution in [3.05, 3.63) is 71.4 Å². The largest absolute Gasteiger partial charge is 0.366 e. The van der Waals surface area contributed by atoms with Gasteiger partial charge in [-0.05, 0) is 46.8 Å². The predicted molar refractivity (Wildman–Crippen MR) is 83.8 cm³/mol. The fourth-order valence-electron chi connectivity index (χ4n) is 2.40. The van der Waals surface area contributed by atoms with Crippen LogP contribution in [0.15, 0.2) is 54.7 Å². The average Bonchev–Trinajstić information content (AvgIpc) is 2.95. The number of amides is 1. The van der Waals surface area contributed by atoms with Gasteiger partial charge < -0.3 is 16.0 Å². The van der Waals surface area contributed by atoms with E-state index in [2.05, 4.69) is 34.6 Å². The lowest BCUT2D eigenvalue weighted by Crippen LogP contribution is -2.14. The highest BCUT2D eigenvalue weighted by Crippen LogP contribution is 2.14. The quantitative estimate of drug-likeness (QED) is 0.671. The number of hydrogen-bond donors (Lipinski definition) is 3. The molecule has 106 valence electrons. The summed E-state index contributed by atoms with van der Waals surface area (Å²) in [6.45, 7) is 1.48. The van der Waals surface area contributed by atoms with Gasteiger partial charge in [0.2, 0.25) is 5.91 Å². The normalized spacial score (nSPS) is 10.9. The van der Waals surface area contributed by atoms with Crippen molar-refractivity contribution in [2.24, 2.45) is 5.73 Å². The smallest absolute Gasteiger partial charge is 0.248 e. The molecule has 1 aromatic heterocycles. The number of nitrogens with two attached hydrogens (primary N) is 1. The number of hydrogen-bond acceptors (Lipinski definition) is 2. The summed E-state index contributed by atoms with van der Waals surface area (Å²) in [5.74, 6) is -0.394. The van der Waals surface area contributed by atoms with Gasteiger partial charge >= 0.3 is 0 Å². The molecule has 1 amide bonds. The number of carbonyl (C=O) groups is 1. The van der Waals surface area contributed by atoms with Crippen molar-refractivity contribution >= 4 is 16.8 Å². The third kappa shape index (κ3) is 3.12. The Morgan fingerprint density at radius 2 is 1.86 bits per heavy atom. The molecule has 1 heterocycles. The van der Waals surface area contributed by atoms with Crippen molar-refractivity contribution in [1.29, 1.82) is 0 Å². The first-order chi connectivity index (χ1) is 10.2. The lowest BCUT2D eigenvalue weighted by Gasteiger charge is -2.06. The summed E-state index contributed by atoms with van der Waals surface area (Å²) in [5, 5.41) is 4.59. The van der Waals surface area contributed by atoms with Crippen LogP contribution in [0.25, 0.3) is 10.9 Å². The van der Waals surface area contributed by atoms with Crippen LogP contribution in [0.2, 0.25) is 0 Å². The molecule has 0 unspecified atom stereocenters. The molecule has 0 aliphatic heterocycles. The summed E-state index contributed by atoms with van der Waals surface area (Å²) < 4.78 is 0. The first-order valence-corrected chi connectivity index (χ1v) is 6.88. The molecule has 0 atom stereocenters. The number of aromatic nitrogens is 1. The zero-order valence-corrected chi connectivity index (χ0v) is 11.6. The number of primary amides is 1. The molecule has 4 nitrogen and oxygen atoms in total. The van der Waals surface area contributed by atoms with Gasteiger partial charge in [-0.3, -0.25) is 4.79 Å². The highest BCUT2D eigenvalue weighted by Gasteiger charge is 2.01. The third-order valence-electron chi connectivity index (χ3n) is 3.49. The molecule has 4 N–H and O–H groups in total. The van der Waals surface area contributed by atoms with Crippen molar-refractivity contribution in [3.63, 3.8) is 0 Å². The number of aromatic amines is 1. The first-order valence-electron chi connectivity index (χ1n) is 6.88. The fraction of sp³-hybridized carbons (Fsp3) is 0.118. The molecule has 0 aliphatic rings. The molecular formula is C17H17N3O. The first kappa shape index (κ1) is 13.4. The van der Waals surface area contributed by atoms with Gasteiger partial charge in [-0.25, -0.2) is 0 Å². The molecule has 4 heteroatoms. The molecule has 0 saturated heterocycles. The summed E-state index contributed by atoms with van der Waals surface area (Å²) in [7, 11) is 0. The van der Waals surface area contributed by atoms with E-state index in [0.29, 0.717) is 12.1 Å². The van der Waals surface area contributed by atoms with Crippen molar-refractivity contribution in [2.45, 2.75) is 13.1 Å². The van der Waals surface area contributed by atoms with Gasteiger partial charge in [0.25, 0.3) is 0 Å². The molecular weight excluding hydrogens is 262 g/mol.